The molecule has 6 heteroatoms. The van der Waals surface area contributed by atoms with Gasteiger partial charge in [0.05, 0.1) is 5.52 Å². The van der Waals surface area contributed by atoms with Crippen molar-refractivity contribution in [1.82, 2.24) is 14.8 Å². The first-order valence-electron chi connectivity index (χ1n) is 10.8. The molecule has 0 saturated carbocycles. The highest BCUT2D eigenvalue weighted by Crippen LogP contribution is 2.16. The van der Waals surface area contributed by atoms with Gasteiger partial charge in [-0.15, -0.1) is 0 Å². The summed E-state index contributed by atoms with van der Waals surface area (Å²) in [5, 5.41) is 3.04. The lowest BCUT2D eigenvalue weighted by Gasteiger charge is -2.27. The number of fused-ring (bicyclic) bond motifs is 1. The van der Waals surface area contributed by atoms with E-state index in [9.17, 15) is 9.59 Å². The first kappa shape index (κ1) is 20.4. The number of piperidine rings is 1. The number of hydrogen-bond acceptors (Lipinski definition) is 4. The van der Waals surface area contributed by atoms with Gasteiger partial charge in [0.25, 0.3) is 0 Å². The molecule has 1 saturated heterocycles. The number of nitrogens with one attached hydrogen (secondary N) is 1. The average molecular weight is 408 g/mol. The van der Waals surface area contributed by atoms with Crippen LogP contribution in [0.4, 0.5) is 0 Å². The Balaban J connectivity index is 1.28. The largest absolute Gasteiger partial charge is 0.419 e. The van der Waals surface area contributed by atoms with Crippen molar-refractivity contribution < 1.29 is 9.21 Å². The summed E-state index contributed by atoms with van der Waals surface area (Å²) < 4.78 is 6.83. The third-order valence-corrected chi connectivity index (χ3v) is 5.80. The maximum absolute atomic E-state index is 12.4. The molecule has 0 spiro atoms. The molecular formula is C24H29N3O3. The number of hydrogen-bond donors (Lipinski definition) is 1. The number of carbonyl (C=O) groups excluding carboxylic acids is 1. The fraction of sp³-hybridized carbons (Fsp3) is 0.417. The first-order chi connectivity index (χ1) is 14.7. The molecule has 6 nitrogen and oxygen atoms in total. The second-order valence-electron chi connectivity index (χ2n) is 7.97. The molecule has 0 atom stereocenters. The van der Waals surface area contributed by atoms with Crippen molar-refractivity contribution in [2.45, 2.75) is 51.7 Å². The Hall–Kier alpha value is -2.86. The Labute approximate surface area is 176 Å². The molecular weight excluding hydrogens is 378 g/mol. The summed E-state index contributed by atoms with van der Waals surface area (Å²) in [5.74, 6) is -0.369. The highest BCUT2D eigenvalue weighted by atomic mass is 16.4. The van der Waals surface area contributed by atoms with Crippen molar-refractivity contribution in [3.8, 4) is 0 Å². The maximum Gasteiger partial charge on any atom is 0.419 e. The minimum atomic E-state index is -0.372. The van der Waals surface area contributed by atoms with E-state index >= 15 is 0 Å². The summed E-state index contributed by atoms with van der Waals surface area (Å²) in [5.41, 5.74) is 3.82. The lowest BCUT2D eigenvalue weighted by atomic mass is 10.0. The number of rotatable bonds is 8. The van der Waals surface area contributed by atoms with E-state index in [1.54, 1.807) is 10.6 Å². The second kappa shape index (κ2) is 9.76. The van der Waals surface area contributed by atoms with Gasteiger partial charge in [0.2, 0.25) is 5.91 Å². The Morgan fingerprint density at radius 2 is 1.70 bits per heavy atom. The first-order valence-corrected chi connectivity index (χ1v) is 10.8. The number of para-hydroxylation sites is 2. The topological polar surface area (TPSA) is 67.5 Å². The zero-order valence-corrected chi connectivity index (χ0v) is 17.3. The molecule has 0 aliphatic carbocycles. The van der Waals surface area contributed by atoms with Crippen molar-refractivity contribution >= 4 is 17.0 Å². The number of aryl methyl sites for hydroxylation is 1. The third-order valence-electron chi connectivity index (χ3n) is 5.80. The number of amides is 1. The molecule has 4 rings (SSSR count). The predicted octanol–water partition coefficient (Wildman–Crippen LogP) is 3.68. The molecule has 1 aromatic heterocycles. The standard InChI is InChI=1S/C24H29N3O3/c28-23(13-8-16-27-21-11-4-5-12-22(21)30-24(27)29)25-17-19-9-2-3-10-20(19)18-26-14-6-1-7-15-26/h2-5,9-12H,1,6-8,13-18H2,(H,25,28). The average Bonchev–Trinajstić information content (AvgIpc) is 3.09. The molecule has 1 N–H and O–H groups in total. The van der Waals surface area contributed by atoms with Crippen LogP contribution in [0.1, 0.15) is 43.2 Å². The van der Waals surface area contributed by atoms with Gasteiger partial charge < -0.3 is 9.73 Å². The van der Waals surface area contributed by atoms with Crippen LogP contribution in [-0.2, 0) is 24.4 Å². The molecule has 1 amide bonds. The van der Waals surface area contributed by atoms with Crippen LogP contribution < -0.4 is 11.1 Å². The fourth-order valence-corrected chi connectivity index (χ4v) is 4.15. The number of likely N-dealkylation sites (tertiary alicyclic amines) is 1. The number of carbonyl (C=O) groups is 1. The Morgan fingerprint density at radius 1 is 0.967 bits per heavy atom. The van der Waals surface area contributed by atoms with Gasteiger partial charge in [-0.3, -0.25) is 14.3 Å². The molecule has 30 heavy (non-hydrogen) atoms. The molecule has 2 aromatic carbocycles. The van der Waals surface area contributed by atoms with E-state index in [4.69, 9.17) is 4.42 Å². The quantitative estimate of drug-likeness (QED) is 0.619. The number of benzene rings is 2. The van der Waals surface area contributed by atoms with Crippen LogP contribution in [0.15, 0.2) is 57.7 Å². The summed E-state index contributed by atoms with van der Waals surface area (Å²) in [6.45, 7) is 4.26. The summed E-state index contributed by atoms with van der Waals surface area (Å²) >= 11 is 0. The summed E-state index contributed by atoms with van der Waals surface area (Å²) in [6, 6.07) is 15.7. The van der Waals surface area contributed by atoms with Crippen LogP contribution in [0.3, 0.4) is 0 Å². The van der Waals surface area contributed by atoms with Crippen molar-refractivity contribution in [1.29, 1.82) is 0 Å². The SMILES string of the molecule is O=C(CCCn1c(=O)oc2ccccc21)NCc1ccccc1CN1CCCCC1. The van der Waals surface area contributed by atoms with Crippen molar-refractivity contribution in [3.05, 3.63) is 70.2 Å². The van der Waals surface area contributed by atoms with E-state index in [-0.39, 0.29) is 11.7 Å². The van der Waals surface area contributed by atoms with Crippen LogP contribution in [0, 0.1) is 0 Å². The monoisotopic (exact) mass is 407 g/mol. The molecule has 2 heterocycles. The fourth-order valence-electron chi connectivity index (χ4n) is 4.15. The number of aromatic nitrogens is 1. The van der Waals surface area contributed by atoms with Crippen molar-refractivity contribution in [3.63, 3.8) is 0 Å². The molecule has 3 aromatic rings. The molecule has 1 fully saturated rings. The summed E-state index contributed by atoms with van der Waals surface area (Å²) in [6.07, 6.45) is 4.84. The van der Waals surface area contributed by atoms with E-state index in [1.807, 2.05) is 24.3 Å². The van der Waals surface area contributed by atoms with Gasteiger partial charge in [-0.05, 0) is 55.6 Å². The minimum absolute atomic E-state index is 0.00336. The number of nitrogens with zero attached hydrogens (tertiary/aromatic N) is 2. The van der Waals surface area contributed by atoms with E-state index in [2.05, 4.69) is 28.4 Å². The van der Waals surface area contributed by atoms with Gasteiger partial charge >= 0.3 is 5.76 Å². The van der Waals surface area contributed by atoms with Gasteiger partial charge in [-0.1, -0.05) is 42.8 Å². The third kappa shape index (κ3) is 5.00. The summed E-state index contributed by atoms with van der Waals surface area (Å²) in [7, 11) is 0. The van der Waals surface area contributed by atoms with Crippen LogP contribution >= 0.6 is 0 Å². The van der Waals surface area contributed by atoms with Crippen LogP contribution in [-0.4, -0.2) is 28.5 Å². The lowest BCUT2D eigenvalue weighted by molar-refractivity contribution is -0.121. The molecule has 0 unspecified atom stereocenters. The zero-order valence-electron chi connectivity index (χ0n) is 17.3. The molecule has 1 aliphatic heterocycles. The Bertz CT molecular complexity index is 1050. The van der Waals surface area contributed by atoms with E-state index in [0.29, 0.717) is 31.5 Å². The smallest absolute Gasteiger partial charge is 0.408 e. The van der Waals surface area contributed by atoms with E-state index in [1.165, 1.54) is 30.4 Å². The van der Waals surface area contributed by atoms with Gasteiger partial charge in [-0.2, -0.15) is 0 Å². The Kier molecular flexibility index (Phi) is 6.64. The van der Waals surface area contributed by atoms with Crippen LogP contribution in [0.5, 0.6) is 0 Å². The van der Waals surface area contributed by atoms with Gasteiger partial charge in [0.15, 0.2) is 5.58 Å². The van der Waals surface area contributed by atoms with Gasteiger partial charge in [0.1, 0.15) is 0 Å². The predicted molar refractivity (Wildman–Crippen MR) is 117 cm³/mol. The minimum Gasteiger partial charge on any atom is -0.408 e. The van der Waals surface area contributed by atoms with Gasteiger partial charge in [0, 0.05) is 26.1 Å². The van der Waals surface area contributed by atoms with Gasteiger partial charge in [-0.25, -0.2) is 4.79 Å². The molecule has 158 valence electrons. The van der Waals surface area contributed by atoms with Crippen molar-refractivity contribution in [2.75, 3.05) is 13.1 Å². The van der Waals surface area contributed by atoms with Crippen molar-refractivity contribution in [2.24, 2.45) is 0 Å². The molecule has 0 radical (unpaired) electrons. The molecule has 1 aliphatic rings. The van der Waals surface area contributed by atoms with E-state index in [0.717, 1.165) is 25.2 Å². The zero-order chi connectivity index (χ0) is 20.8. The normalized spacial score (nSPS) is 14.8. The maximum atomic E-state index is 12.4. The molecule has 0 bridgehead atoms. The highest BCUT2D eigenvalue weighted by Gasteiger charge is 2.13. The van der Waals surface area contributed by atoms with Crippen LogP contribution in [0.2, 0.25) is 0 Å². The van der Waals surface area contributed by atoms with Crippen LogP contribution in [0.25, 0.3) is 11.1 Å². The second-order valence-corrected chi connectivity index (χ2v) is 7.97. The number of oxazole rings is 1. The summed E-state index contributed by atoms with van der Waals surface area (Å²) in [4.78, 5) is 26.9. The lowest BCUT2D eigenvalue weighted by Crippen LogP contribution is -2.30. The van der Waals surface area contributed by atoms with E-state index < -0.39 is 0 Å². The Morgan fingerprint density at radius 3 is 2.53 bits per heavy atom. The highest BCUT2D eigenvalue weighted by molar-refractivity contribution is 5.76.